The van der Waals surface area contributed by atoms with Crippen LogP contribution < -0.4 is 5.32 Å². The lowest BCUT2D eigenvalue weighted by atomic mass is 9.92. The van der Waals surface area contributed by atoms with Gasteiger partial charge in [-0.3, -0.25) is 9.53 Å². The maximum Gasteiger partial charge on any atom is 0.411 e. The highest BCUT2D eigenvalue weighted by Crippen LogP contribution is 2.43. The summed E-state index contributed by atoms with van der Waals surface area (Å²) in [6.45, 7) is 5.50. The van der Waals surface area contributed by atoms with Crippen molar-refractivity contribution in [3.8, 4) is 17.3 Å². The number of rotatable bonds is 6. The Bertz CT molecular complexity index is 1220. The Kier molecular flexibility index (Phi) is 6.33. The molecule has 3 aromatic rings. The van der Waals surface area contributed by atoms with Gasteiger partial charge in [0.15, 0.2) is 0 Å². The van der Waals surface area contributed by atoms with Crippen LogP contribution in [-0.2, 0) is 15.5 Å². The van der Waals surface area contributed by atoms with E-state index in [1.165, 1.54) is 0 Å². The molecule has 0 saturated heterocycles. The van der Waals surface area contributed by atoms with Crippen molar-refractivity contribution in [2.75, 3.05) is 11.1 Å². The number of carbonyl (C=O) groups excluding carboxylic acids is 1. The summed E-state index contributed by atoms with van der Waals surface area (Å²) in [4.78, 5) is 12.7. The Morgan fingerprint density at radius 2 is 1.97 bits per heavy atom. The van der Waals surface area contributed by atoms with Crippen LogP contribution in [-0.4, -0.2) is 26.7 Å². The summed E-state index contributed by atoms with van der Waals surface area (Å²) in [5, 5.41) is 13.7. The van der Waals surface area contributed by atoms with Crippen LogP contribution in [0.3, 0.4) is 0 Å². The summed E-state index contributed by atoms with van der Waals surface area (Å²) in [5.74, 6) is 0.557. The number of nitrogens with zero attached hydrogens (tertiary/aromatic N) is 2. The Morgan fingerprint density at radius 1 is 1.25 bits per heavy atom. The molecular formula is C25H27N3O3S. The van der Waals surface area contributed by atoms with Gasteiger partial charge >= 0.3 is 6.09 Å². The Balaban J connectivity index is 1.80. The average Bonchev–Trinajstić information content (AvgIpc) is 3.05. The summed E-state index contributed by atoms with van der Waals surface area (Å²) in [6.07, 6.45) is 2.59. The molecule has 1 N–H and O–H groups in total. The molecule has 1 atom stereocenters. The van der Waals surface area contributed by atoms with Crippen molar-refractivity contribution in [3.63, 3.8) is 0 Å². The fourth-order valence-corrected chi connectivity index (χ4v) is 4.89. The van der Waals surface area contributed by atoms with E-state index in [9.17, 15) is 14.3 Å². The van der Waals surface area contributed by atoms with E-state index in [1.54, 1.807) is 13.8 Å². The van der Waals surface area contributed by atoms with E-state index in [2.05, 4.69) is 16.0 Å². The molecule has 1 heterocycles. The molecular weight excluding hydrogens is 422 g/mol. The molecule has 0 radical (unpaired) electrons. The molecule has 1 aliphatic rings. The minimum atomic E-state index is -1.06. The zero-order valence-electron chi connectivity index (χ0n) is 18.6. The summed E-state index contributed by atoms with van der Waals surface area (Å²) in [7, 11) is -1.06. The van der Waals surface area contributed by atoms with E-state index < -0.39 is 16.9 Å². The molecule has 4 rings (SSSR count). The van der Waals surface area contributed by atoms with Crippen LogP contribution in [0, 0.1) is 11.3 Å². The van der Waals surface area contributed by atoms with Gasteiger partial charge in [-0.1, -0.05) is 25.1 Å². The van der Waals surface area contributed by atoms with Gasteiger partial charge in [0.1, 0.15) is 6.07 Å². The van der Waals surface area contributed by atoms with Crippen LogP contribution >= 0.6 is 0 Å². The zero-order chi connectivity index (χ0) is 22.8. The fraction of sp³-hybridized carbons (Fsp3) is 0.360. The lowest BCUT2D eigenvalue weighted by Gasteiger charge is -2.30. The van der Waals surface area contributed by atoms with Gasteiger partial charge < -0.3 is 9.30 Å². The number of anilines is 1. The van der Waals surface area contributed by atoms with Crippen molar-refractivity contribution < 1.29 is 13.7 Å². The topological polar surface area (TPSA) is 84.1 Å². The van der Waals surface area contributed by atoms with E-state index in [0.717, 1.165) is 46.3 Å². The van der Waals surface area contributed by atoms with Crippen LogP contribution in [0.5, 0.6) is 0 Å². The van der Waals surface area contributed by atoms with Crippen molar-refractivity contribution in [2.45, 2.75) is 57.1 Å². The lowest BCUT2D eigenvalue weighted by Crippen LogP contribution is -2.18. The minimum absolute atomic E-state index is 0.197. The van der Waals surface area contributed by atoms with Gasteiger partial charge in [0.2, 0.25) is 0 Å². The van der Waals surface area contributed by atoms with Gasteiger partial charge in [0, 0.05) is 27.8 Å². The Labute approximate surface area is 190 Å². The molecule has 0 bridgehead atoms. The maximum absolute atomic E-state index is 12.4. The minimum Gasteiger partial charge on any atom is -0.447 e. The standard InChI is InChI=1S/C25H27N3O3S/c1-4-32(30)20-12-13-21-22(15-26)24(28(23(21)14-20)19-6-5-7-19)17-8-10-18(11-9-17)27-25(29)31-16(2)3/h8-14,16,19H,4-7H2,1-3H3,(H,27,29). The van der Waals surface area contributed by atoms with Crippen LogP contribution in [0.15, 0.2) is 47.4 Å². The third kappa shape index (κ3) is 4.15. The van der Waals surface area contributed by atoms with Gasteiger partial charge in [-0.25, -0.2) is 4.79 Å². The second-order valence-electron chi connectivity index (χ2n) is 8.26. The smallest absolute Gasteiger partial charge is 0.411 e. The molecule has 1 aromatic heterocycles. The summed E-state index contributed by atoms with van der Waals surface area (Å²) in [5.41, 5.74) is 4.00. The number of hydrogen-bond donors (Lipinski definition) is 1. The van der Waals surface area contributed by atoms with Gasteiger partial charge in [-0.05, 0) is 62.9 Å². The second kappa shape index (κ2) is 9.17. The number of amides is 1. The van der Waals surface area contributed by atoms with Crippen molar-refractivity contribution in [3.05, 3.63) is 48.0 Å². The third-order valence-electron chi connectivity index (χ3n) is 5.80. The van der Waals surface area contributed by atoms with E-state index in [1.807, 2.05) is 49.4 Å². The SMILES string of the molecule is CCS(=O)c1ccc2c(C#N)c(-c3ccc(NC(=O)OC(C)C)cc3)n(C3CCC3)c2c1. The summed E-state index contributed by atoms with van der Waals surface area (Å²) < 4.78 is 19.8. The van der Waals surface area contributed by atoms with Gasteiger partial charge in [0.25, 0.3) is 0 Å². The second-order valence-corrected chi connectivity index (χ2v) is 10.00. The number of nitriles is 1. The van der Waals surface area contributed by atoms with Crippen molar-refractivity contribution in [2.24, 2.45) is 0 Å². The van der Waals surface area contributed by atoms with Crippen LogP contribution in [0.1, 0.15) is 51.6 Å². The first-order chi connectivity index (χ1) is 15.4. The molecule has 2 aromatic carbocycles. The fourth-order valence-electron chi connectivity index (χ4n) is 4.09. The first-order valence-electron chi connectivity index (χ1n) is 11.0. The largest absolute Gasteiger partial charge is 0.447 e. The molecule has 32 heavy (non-hydrogen) atoms. The molecule has 166 valence electrons. The number of benzene rings is 2. The number of fused-ring (bicyclic) bond motifs is 1. The van der Waals surface area contributed by atoms with Gasteiger partial charge in [-0.15, -0.1) is 0 Å². The number of aromatic nitrogens is 1. The molecule has 1 unspecified atom stereocenters. The monoisotopic (exact) mass is 449 g/mol. The molecule has 0 spiro atoms. The molecule has 1 amide bonds. The van der Waals surface area contributed by atoms with Crippen LogP contribution in [0.4, 0.5) is 10.5 Å². The Morgan fingerprint density at radius 3 is 2.53 bits per heavy atom. The van der Waals surface area contributed by atoms with Crippen molar-refractivity contribution in [1.82, 2.24) is 4.57 Å². The van der Waals surface area contributed by atoms with Crippen LogP contribution in [0.2, 0.25) is 0 Å². The maximum atomic E-state index is 12.4. The highest BCUT2D eigenvalue weighted by atomic mass is 32.2. The third-order valence-corrected chi connectivity index (χ3v) is 7.10. The van der Waals surface area contributed by atoms with E-state index >= 15 is 0 Å². The lowest BCUT2D eigenvalue weighted by molar-refractivity contribution is 0.130. The zero-order valence-corrected chi connectivity index (χ0v) is 19.4. The summed E-state index contributed by atoms with van der Waals surface area (Å²) in [6, 6.07) is 16.0. The predicted molar refractivity (Wildman–Crippen MR) is 127 cm³/mol. The van der Waals surface area contributed by atoms with Crippen LogP contribution in [0.25, 0.3) is 22.2 Å². The molecule has 1 aliphatic carbocycles. The predicted octanol–water partition coefficient (Wildman–Crippen LogP) is 5.99. The molecule has 7 heteroatoms. The molecule has 6 nitrogen and oxygen atoms in total. The normalized spacial score (nSPS) is 14.7. The number of ether oxygens (including phenoxy) is 1. The number of hydrogen-bond acceptors (Lipinski definition) is 4. The molecule has 1 fully saturated rings. The van der Waals surface area contributed by atoms with Gasteiger partial charge in [0.05, 0.1) is 33.7 Å². The highest BCUT2D eigenvalue weighted by molar-refractivity contribution is 7.85. The van der Waals surface area contributed by atoms with Gasteiger partial charge in [-0.2, -0.15) is 5.26 Å². The Hall–Kier alpha value is -3.11. The summed E-state index contributed by atoms with van der Waals surface area (Å²) >= 11 is 0. The van der Waals surface area contributed by atoms with Crippen molar-refractivity contribution >= 4 is 33.5 Å². The molecule has 0 aliphatic heterocycles. The first kappa shape index (κ1) is 22.1. The van der Waals surface area contributed by atoms with Crippen molar-refractivity contribution in [1.29, 1.82) is 5.26 Å². The van der Waals surface area contributed by atoms with E-state index in [0.29, 0.717) is 23.0 Å². The molecule has 1 saturated carbocycles. The van der Waals surface area contributed by atoms with E-state index in [-0.39, 0.29) is 6.10 Å². The average molecular weight is 450 g/mol. The first-order valence-corrected chi connectivity index (χ1v) is 12.3. The number of nitrogens with one attached hydrogen (secondary N) is 1. The quantitative estimate of drug-likeness (QED) is 0.501. The highest BCUT2D eigenvalue weighted by Gasteiger charge is 2.28. The van der Waals surface area contributed by atoms with E-state index in [4.69, 9.17) is 4.74 Å². The number of carbonyl (C=O) groups is 1.